The van der Waals surface area contributed by atoms with Gasteiger partial charge in [0, 0.05) is 11.3 Å². The second kappa shape index (κ2) is 6.96. The maximum Gasteiger partial charge on any atom is 0.445 e. The number of hydrogen-bond acceptors (Lipinski definition) is 6. The zero-order valence-electron chi connectivity index (χ0n) is 12.7. The molecule has 134 valence electrons. The summed E-state index contributed by atoms with van der Waals surface area (Å²) in [6.45, 7) is 0. The normalized spacial score (nSPS) is 11.2. The number of hydrogen-bond donors (Lipinski definition) is 2. The minimum atomic E-state index is -4.62. The van der Waals surface area contributed by atoms with E-state index in [-0.39, 0.29) is 27.8 Å². The Morgan fingerprint density at radius 3 is 2.31 bits per heavy atom. The number of benzene rings is 1. The molecule has 0 atom stereocenters. The summed E-state index contributed by atoms with van der Waals surface area (Å²) in [7, 11) is 0. The second-order valence-corrected chi connectivity index (χ2v) is 5.85. The Balaban J connectivity index is 1.63. The molecule has 26 heavy (non-hydrogen) atoms. The van der Waals surface area contributed by atoms with Gasteiger partial charge in [-0.05, 0) is 36.4 Å². The van der Waals surface area contributed by atoms with Gasteiger partial charge in [-0.3, -0.25) is 14.9 Å². The summed E-state index contributed by atoms with van der Waals surface area (Å²) in [5, 5.41) is 9.65. The number of anilines is 2. The van der Waals surface area contributed by atoms with Crippen molar-refractivity contribution < 1.29 is 27.2 Å². The Labute approximate surface area is 147 Å². The third-order valence-electron chi connectivity index (χ3n) is 3.04. The zero-order chi connectivity index (χ0) is 18.7. The highest BCUT2D eigenvalue weighted by Crippen LogP contribution is 2.33. The maximum atomic E-state index is 12.5. The topological polar surface area (TPSA) is 97.1 Å². The van der Waals surface area contributed by atoms with Gasteiger partial charge in [-0.25, -0.2) is 0 Å². The highest BCUT2D eigenvalue weighted by Gasteiger charge is 2.35. The minimum Gasteiger partial charge on any atom is -0.459 e. The highest BCUT2D eigenvalue weighted by atomic mass is 32.1. The largest absolute Gasteiger partial charge is 0.459 e. The summed E-state index contributed by atoms with van der Waals surface area (Å²) < 4.78 is 42.4. The van der Waals surface area contributed by atoms with Crippen molar-refractivity contribution in [2.45, 2.75) is 6.18 Å². The van der Waals surface area contributed by atoms with Crippen molar-refractivity contribution in [1.29, 1.82) is 0 Å². The van der Waals surface area contributed by atoms with E-state index < -0.39 is 23.0 Å². The molecule has 2 heterocycles. The van der Waals surface area contributed by atoms with Crippen LogP contribution in [0.1, 0.15) is 25.9 Å². The first-order valence-corrected chi connectivity index (χ1v) is 7.81. The molecule has 0 bridgehead atoms. The Morgan fingerprint density at radius 1 is 1.00 bits per heavy atom. The van der Waals surface area contributed by atoms with E-state index in [0.717, 1.165) is 0 Å². The van der Waals surface area contributed by atoms with Gasteiger partial charge >= 0.3 is 6.18 Å². The van der Waals surface area contributed by atoms with Crippen LogP contribution >= 0.6 is 11.3 Å². The number of amides is 2. The van der Waals surface area contributed by atoms with Gasteiger partial charge in [0.15, 0.2) is 5.76 Å². The Hall–Kier alpha value is -3.21. The van der Waals surface area contributed by atoms with E-state index in [9.17, 15) is 22.8 Å². The van der Waals surface area contributed by atoms with Crippen molar-refractivity contribution in [1.82, 2.24) is 10.2 Å². The zero-order valence-corrected chi connectivity index (χ0v) is 13.5. The lowest BCUT2D eigenvalue weighted by atomic mass is 10.2. The first-order valence-electron chi connectivity index (χ1n) is 7.00. The molecule has 0 aliphatic carbocycles. The molecule has 0 fully saturated rings. The van der Waals surface area contributed by atoms with Crippen LogP contribution in [0.3, 0.4) is 0 Å². The van der Waals surface area contributed by atoms with Crippen LogP contribution < -0.4 is 10.6 Å². The molecule has 0 saturated heterocycles. The summed E-state index contributed by atoms with van der Waals surface area (Å²) in [6.07, 6.45) is -3.26. The molecule has 2 N–H and O–H groups in total. The fourth-order valence-corrected chi connectivity index (χ4v) is 2.47. The highest BCUT2D eigenvalue weighted by molar-refractivity contribution is 7.15. The van der Waals surface area contributed by atoms with Crippen molar-refractivity contribution >= 4 is 34.0 Å². The quantitative estimate of drug-likeness (QED) is 0.718. The third-order valence-corrected chi connectivity index (χ3v) is 3.92. The van der Waals surface area contributed by atoms with Crippen molar-refractivity contribution in [3.63, 3.8) is 0 Å². The molecule has 3 aromatic rings. The molecule has 0 aliphatic heterocycles. The Morgan fingerprint density at radius 2 is 1.73 bits per heavy atom. The average molecular weight is 382 g/mol. The van der Waals surface area contributed by atoms with E-state index in [4.69, 9.17) is 4.42 Å². The Bertz CT molecular complexity index is 921. The van der Waals surface area contributed by atoms with Crippen LogP contribution in [0.4, 0.5) is 24.0 Å². The van der Waals surface area contributed by atoms with E-state index >= 15 is 0 Å². The fraction of sp³-hybridized carbons (Fsp3) is 0.0667. The molecule has 2 aromatic heterocycles. The standard InChI is InChI=1S/C15H9F3N4O3S/c16-15(17,18)13-21-22-14(26-13)20-11(23)8-3-5-9(6-4-8)19-12(24)10-2-1-7-25-10/h1-7H,(H,19,24)(H,20,22,23). The van der Waals surface area contributed by atoms with Gasteiger partial charge in [0.05, 0.1) is 6.26 Å². The van der Waals surface area contributed by atoms with Gasteiger partial charge < -0.3 is 9.73 Å². The molecule has 3 rings (SSSR count). The van der Waals surface area contributed by atoms with Crippen LogP contribution in [0.2, 0.25) is 0 Å². The molecule has 1 aromatic carbocycles. The molecule has 0 unspecified atom stereocenters. The molecular formula is C15H9F3N4O3S. The lowest BCUT2D eigenvalue weighted by Crippen LogP contribution is -2.13. The number of nitrogens with one attached hydrogen (secondary N) is 2. The van der Waals surface area contributed by atoms with E-state index in [1.165, 1.54) is 36.6 Å². The number of carbonyl (C=O) groups excluding carboxylic acids is 2. The SMILES string of the molecule is O=C(Nc1nnc(C(F)(F)F)s1)c1ccc(NC(=O)c2ccco2)cc1. The third kappa shape index (κ3) is 4.06. The summed E-state index contributed by atoms with van der Waals surface area (Å²) in [4.78, 5) is 23.9. The van der Waals surface area contributed by atoms with Gasteiger partial charge in [-0.2, -0.15) is 13.2 Å². The lowest BCUT2D eigenvalue weighted by molar-refractivity contribution is -0.138. The van der Waals surface area contributed by atoms with Crippen LogP contribution in [-0.4, -0.2) is 22.0 Å². The molecule has 0 radical (unpaired) electrons. The van der Waals surface area contributed by atoms with Crippen LogP contribution in [0.15, 0.2) is 47.1 Å². The predicted octanol–water partition coefficient (Wildman–Crippen LogP) is 3.65. The van der Waals surface area contributed by atoms with Crippen molar-refractivity contribution in [3.8, 4) is 0 Å². The summed E-state index contributed by atoms with van der Waals surface area (Å²) in [6, 6.07) is 8.81. The van der Waals surface area contributed by atoms with Crippen molar-refractivity contribution in [2.24, 2.45) is 0 Å². The summed E-state index contributed by atoms with van der Waals surface area (Å²) in [5.41, 5.74) is 0.586. The van der Waals surface area contributed by atoms with E-state index in [1.807, 2.05) is 0 Å². The van der Waals surface area contributed by atoms with Gasteiger partial charge in [-0.1, -0.05) is 11.3 Å². The van der Waals surface area contributed by atoms with Crippen LogP contribution in [0.25, 0.3) is 0 Å². The monoisotopic (exact) mass is 382 g/mol. The van der Waals surface area contributed by atoms with Gasteiger partial charge in [0.2, 0.25) is 10.1 Å². The molecular weight excluding hydrogens is 373 g/mol. The van der Waals surface area contributed by atoms with Gasteiger partial charge in [-0.15, -0.1) is 10.2 Å². The molecule has 0 saturated carbocycles. The smallest absolute Gasteiger partial charge is 0.445 e. The van der Waals surface area contributed by atoms with Gasteiger partial charge in [0.25, 0.3) is 11.8 Å². The van der Waals surface area contributed by atoms with E-state index in [2.05, 4.69) is 20.8 Å². The summed E-state index contributed by atoms with van der Waals surface area (Å²) in [5.74, 6) is -0.983. The van der Waals surface area contributed by atoms with Gasteiger partial charge in [0.1, 0.15) is 0 Å². The Kier molecular flexibility index (Phi) is 4.71. The van der Waals surface area contributed by atoms with Crippen molar-refractivity contribution in [3.05, 3.63) is 59.0 Å². The average Bonchev–Trinajstić information content (AvgIpc) is 3.26. The molecule has 2 amide bonds. The minimum absolute atomic E-state index is 0.128. The number of rotatable bonds is 4. The number of halogens is 3. The maximum absolute atomic E-state index is 12.5. The predicted molar refractivity (Wildman–Crippen MR) is 86.0 cm³/mol. The van der Waals surface area contributed by atoms with Crippen molar-refractivity contribution in [2.75, 3.05) is 10.6 Å². The number of furan rings is 1. The number of carbonyl (C=O) groups is 2. The summed E-state index contributed by atoms with van der Waals surface area (Å²) >= 11 is 0.226. The van der Waals surface area contributed by atoms with Crippen LogP contribution in [0.5, 0.6) is 0 Å². The number of aromatic nitrogens is 2. The molecule has 7 nitrogen and oxygen atoms in total. The number of alkyl halides is 3. The van der Waals surface area contributed by atoms with E-state index in [1.54, 1.807) is 6.07 Å². The number of nitrogens with zero attached hydrogens (tertiary/aromatic N) is 2. The van der Waals surface area contributed by atoms with Crippen LogP contribution in [0, 0.1) is 0 Å². The first-order chi connectivity index (χ1) is 12.3. The first kappa shape index (κ1) is 17.6. The van der Waals surface area contributed by atoms with E-state index in [0.29, 0.717) is 5.69 Å². The lowest BCUT2D eigenvalue weighted by Gasteiger charge is -2.05. The molecule has 0 spiro atoms. The fourth-order valence-electron chi connectivity index (χ4n) is 1.86. The molecule has 11 heteroatoms. The molecule has 0 aliphatic rings. The second-order valence-electron chi connectivity index (χ2n) is 4.87. The van der Waals surface area contributed by atoms with Crippen LogP contribution in [-0.2, 0) is 6.18 Å².